The standard InChI is InChI=1S/C16H13Cl2FN4O4/c17-11-5-12(18)13(19)4-9(11)14-7-22(1-2-27-14)16-10(15(20)24)3-8(6-21-16)23(25)26/h3-6,14H,1-2,7H2,(H2,20,24). The molecule has 1 unspecified atom stereocenters. The van der Waals surface area contributed by atoms with E-state index in [4.69, 9.17) is 33.7 Å². The molecule has 1 aromatic carbocycles. The maximum absolute atomic E-state index is 13.8. The summed E-state index contributed by atoms with van der Waals surface area (Å²) < 4.78 is 19.5. The number of nitro groups is 1. The van der Waals surface area contributed by atoms with Crippen LogP contribution in [0, 0.1) is 15.9 Å². The number of ether oxygens (including phenoxy) is 1. The molecule has 0 spiro atoms. The molecule has 1 atom stereocenters. The fourth-order valence-electron chi connectivity index (χ4n) is 2.79. The van der Waals surface area contributed by atoms with E-state index in [9.17, 15) is 19.3 Å². The summed E-state index contributed by atoms with van der Waals surface area (Å²) in [6.07, 6.45) is 0.428. The quantitative estimate of drug-likeness (QED) is 0.467. The SMILES string of the molecule is NC(=O)c1cc([N+](=O)[O-])cnc1N1CCOC(c2cc(F)c(Cl)cc2Cl)C1. The van der Waals surface area contributed by atoms with Crippen molar-refractivity contribution in [3.05, 3.63) is 61.5 Å². The van der Waals surface area contributed by atoms with Crippen molar-refractivity contribution in [2.75, 3.05) is 24.6 Å². The highest BCUT2D eigenvalue weighted by Crippen LogP contribution is 2.34. The van der Waals surface area contributed by atoms with Gasteiger partial charge < -0.3 is 15.4 Å². The van der Waals surface area contributed by atoms with Crippen LogP contribution in [0.3, 0.4) is 0 Å². The Bertz CT molecular complexity index is 928. The zero-order valence-corrected chi connectivity index (χ0v) is 15.2. The van der Waals surface area contributed by atoms with Crippen LogP contribution in [0.15, 0.2) is 24.4 Å². The fraction of sp³-hybridized carbons (Fsp3) is 0.250. The molecular weight excluding hydrogens is 402 g/mol. The second kappa shape index (κ2) is 7.63. The molecule has 2 N–H and O–H groups in total. The molecule has 2 heterocycles. The van der Waals surface area contributed by atoms with Crippen molar-refractivity contribution in [3.8, 4) is 0 Å². The summed E-state index contributed by atoms with van der Waals surface area (Å²) in [7, 11) is 0. The fourth-order valence-corrected chi connectivity index (χ4v) is 3.30. The highest BCUT2D eigenvalue weighted by atomic mass is 35.5. The smallest absolute Gasteiger partial charge is 0.288 e. The first-order chi connectivity index (χ1) is 12.8. The lowest BCUT2D eigenvalue weighted by Crippen LogP contribution is -2.40. The number of morpholine rings is 1. The number of carbonyl (C=O) groups excluding carboxylic acids is 1. The van der Waals surface area contributed by atoms with Gasteiger partial charge in [0.25, 0.3) is 11.6 Å². The number of amides is 1. The number of anilines is 1. The summed E-state index contributed by atoms with van der Waals surface area (Å²) in [5.74, 6) is -1.30. The number of hydrogen-bond acceptors (Lipinski definition) is 6. The van der Waals surface area contributed by atoms with E-state index in [1.165, 1.54) is 12.1 Å². The predicted octanol–water partition coefficient (Wildman–Crippen LogP) is 3.11. The Morgan fingerprint density at radius 1 is 1.37 bits per heavy atom. The summed E-state index contributed by atoms with van der Waals surface area (Å²) in [4.78, 5) is 27.7. The van der Waals surface area contributed by atoms with Gasteiger partial charge in [0.15, 0.2) is 0 Å². The minimum absolute atomic E-state index is 0.0850. The molecule has 2 aromatic rings. The van der Waals surface area contributed by atoms with Gasteiger partial charge in [0.1, 0.15) is 23.9 Å². The maximum Gasteiger partial charge on any atom is 0.288 e. The van der Waals surface area contributed by atoms with Crippen molar-refractivity contribution >= 4 is 40.6 Å². The molecule has 3 rings (SSSR count). The molecule has 11 heteroatoms. The van der Waals surface area contributed by atoms with E-state index in [0.29, 0.717) is 12.1 Å². The topological polar surface area (TPSA) is 112 Å². The molecule has 1 aromatic heterocycles. The Labute approximate surface area is 162 Å². The van der Waals surface area contributed by atoms with Crippen LogP contribution in [-0.2, 0) is 4.74 Å². The third-order valence-corrected chi connectivity index (χ3v) is 4.70. The molecule has 1 aliphatic heterocycles. The van der Waals surface area contributed by atoms with E-state index in [-0.39, 0.29) is 40.3 Å². The molecule has 0 radical (unpaired) electrons. The van der Waals surface area contributed by atoms with Gasteiger partial charge in [-0.25, -0.2) is 9.37 Å². The predicted molar refractivity (Wildman–Crippen MR) is 96.7 cm³/mol. The van der Waals surface area contributed by atoms with E-state index in [1.54, 1.807) is 4.90 Å². The Hall–Kier alpha value is -2.49. The molecule has 1 amide bonds. The average Bonchev–Trinajstić information content (AvgIpc) is 2.64. The third kappa shape index (κ3) is 3.95. The second-order valence-electron chi connectivity index (χ2n) is 5.78. The number of carbonyl (C=O) groups is 1. The summed E-state index contributed by atoms with van der Waals surface area (Å²) in [6, 6.07) is 3.55. The van der Waals surface area contributed by atoms with Gasteiger partial charge in [-0.05, 0) is 12.1 Å². The van der Waals surface area contributed by atoms with Crippen LogP contribution in [0.2, 0.25) is 10.0 Å². The number of aromatic nitrogens is 1. The largest absolute Gasteiger partial charge is 0.370 e. The maximum atomic E-state index is 13.8. The second-order valence-corrected chi connectivity index (χ2v) is 6.59. The van der Waals surface area contributed by atoms with Crippen LogP contribution in [-0.4, -0.2) is 35.5 Å². The van der Waals surface area contributed by atoms with Crippen molar-refractivity contribution in [1.82, 2.24) is 4.98 Å². The minimum atomic E-state index is -0.847. The Kier molecular flexibility index (Phi) is 5.45. The van der Waals surface area contributed by atoms with E-state index in [0.717, 1.165) is 12.3 Å². The van der Waals surface area contributed by atoms with E-state index < -0.39 is 22.8 Å². The van der Waals surface area contributed by atoms with Crippen LogP contribution in [0.5, 0.6) is 0 Å². The van der Waals surface area contributed by atoms with Crippen LogP contribution >= 0.6 is 23.2 Å². The third-order valence-electron chi connectivity index (χ3n) is 4.08. The summed E-state index contributed by atoms with van der Waals surface area (Å²) >= 11 is 11.9. The minimum Gasteiger partial charge on any atom is -0.370 e. The normalized spacial score (nSPS) is 17.0. The first kappa shape index (κ1) is 19.3. The highest BCUT2D eigenvalue weighted by molar-refractivity contribution is 6.35. The van der Waals surface area contributed by atoms with Gasteiger partial charge in [-0.3, -0.25) is 14.9 Å². The summed E-state index contributed by atoms with van der Waals surface area (Å²) in [6.45, 7) is 0.781. The van der Waals surface area contributed by atoms with Crippen molar-refractivity contribution in [3.63, 3.8) is 0 Å². The van der Waals surface area contributed by atoms with Crippen molar-refractivity contribution in [2.24, 2.45) is 5.73 Å². The molecule has 0 bridgehead atoms. The molecule has 27 heavy (non-hydrogen) atoms. The van der Waals surface area contributed by atoms with Crippen molar-refractivity contribution in [2.45, 2.75) is 6.10 Å². The van der Waals surface area contributed by atoms with Crippen LogP contribution in [0.1, 0.15) is 22.0 Å². The van der Waals surface area contributed by atoms with Gasteiger partial charge >= 0.3 is 0 Å². The molecule has 8 nitrogen and oxygen atoms in total. The Morgan fingerprint density at radius 2 is 2.11 bits per heavy atom. The summed E-state index contributed by atoms with van der Waals surface area (Å²) in [5, 5.41) is 11.0. The highest BCUT2D eigenvalue weighted by Gasteiger charge is 2.28. The number of rotatable bonds is 4. The number of nitrogens with two attached hydrogens (primary N) is 1. The van der Waals surface area contributed by atoms with Gasteiger partial charge in [-0.1, -0.05) is 23.2 Å². The van der Waals surface area contributed by atoms with Crippen LogP contribution < -0.4 is 10.6 Å². The molecule has 1 fully saturated rings. The Morgan fingerprint density at radius 3 is 2.78 bits per heavy atom. The molecule has 0 aliphatic carbocycles. The number of halogens is 3. The van der Waals surface area contributed by atoms with Crippen molar-refractivity contribution in [1.29, 1.82) is 0 Å². The molecule has 1 aliphatic rings. The van der Waals surface area contributed by atoms with Gasteiger partial charge in [0.2, 0.25) is 0 Å². The number of hydrogen-bond donors (Lipinski definition) is 1. The van der Waals surface area contributed by atoms with Crippen molar-refractivity contribution < 1.29 is 18.8 Å². The lowest BCUT2D eigenvalue weighted by Gasteiger charge is -2.34. The first-order valence-corrected chi connectivity index (χ1v) is 8.48. The monoisotopic (exact) mass is 414 g/mol. The lowest BCUT2D eigenvalue weighted by molar-refractivity contribution is -0.385. The van der Waals surface area contributed by atoms with Gasteiger partial charge in [-0.2, -0.15) is 0 Å². The summed E-state index contributed by atoms with van der Waals surface area (Å²) in [5.41, 5.74) is 5.31. The first-order valence-electron chi connectivity index (χ1n) is 7.73. The number of nitrogens with zero attached hydrogens (tertiary/aromatic N) is 3. The van der Waals surface area contributed by atoms with Crippen LogP contribution in [0.4, 0.5) is 15.9 Å². The Balaban J connectivity index is 1.94. The van der Waals surface area contributed by atoms with Crippen LogP contribution in [0.25, 0.3) is 0 Å². The number of pyridine rings is 1. The molecular formula is C16H13Cl2FN4O4. The zero-order valence-electron chi connectivity index (χ0n) is 13.7. The van der Waals surface area contributed by atoms with E-state index in [2.05, 4.69) is 4.98 Å². The number of primary amides is 1. The zero-order chi connectivity index (χ0) is 19.7. The molecule has 142 valence electrons. The average molecular weight is 415 g/mol. The van der Waals surface area contributed by atoms with Gasteiger partial charge in [-0.15, -0.1) is 0 Å². The molecule has 1 saturated heterocycles. The van der Waals surface area contributed by atoms with E-state index in [1.807, 2.05) is 0 Å². The van der Waals surface area contributed by atoms with Gasteiger partial charge in [0.05, 0.1) is 22.1 Å². The molecule has 0 saturated carbocycles. The van der Waals surface area contributed by atoms with E-state index >= 15 is 0 Å². The van der Waals surface area contributed by atoms with Gasteiger partial charge in [0, 0.05) is 29.7 Å². The lowest BCUT2D eigenvalue weighted by atomic mass is 10.1. The number of benzene rings is 1.